The third-order valence-corrected chi connectivity index (χ3v) is 4.86. The third-order valence-electron chi connectivity index (χ3n) is 4.86. The molecule has 1 saturated heterocycles. The van der Waals surface area contributed by atoms with Crippen molar-refractivity contribution in [2.75, 3.05) is 39.9 Å². The summed E-state index contributed by atoms with van der Waals surface area (Å²) in [6.45, 7) is 7.78. The summed E-state index contributed by atoms with van der Waals surface area (Å²) in [4.78, 5) is 15.0. The molecule has 0 radical (unpaired) electrons. The highest BCUT2D eigenvalue weighted by Gasteiger charge is 2.37. The van der Waals surface area contributed by atoms with Gasteiger partial charge in [0.1, 0.15) is 13.2 Å². The molecule has 0 saturated carbocycles. The van der Waals surface area contributed by atoms with Crippen LogP contribution in [0.1, 0.15) is 25.8 Å². The zero-order chi connectivity index (χ0) is 16.4. The van der Waals surface area contributed by atoms with Crippen molar-refractivity contribution in [3.05, 3.63) is 23.8 Å². The number of halogens is 1. The Labute approximate surface area is 150 Å². The average molecular weight is 355 g/mol. The van der Waals surface area contributed by atoms with E-state index < -0.39 is 5.41 Å². The third kappa shape index (κ3) is 3.62. The Morgan fingerprint density at radius 1 is 1.29 bits per heavy atom. The highest BCUT2D eigenvalue weighted by molar-refractivity contribution is 5.88. The first-order chi connectivity index (χ1) is 11.0. The number of carbonyl (C=O) groups is 1. The van der Waals surface area contributed by atoms with E-state index in [-0.39, 0.29) is 18.3 Å². The molecule has 6 heteroatoms. The number of fused-ring (bicyclic) bond motifs is 1. The standard InChI is InChI=1S/C18H26N2O3.ClH/c1-18(2,17(21)20-7-6-13(12-20)11-19-3)14-4-5-15-16(10-14)23-9-8-22-15;/h4-5,10,13,19H,6-9,11-12H2,1-3H3;1H. The number of ether oxygens (including phenoxy) is 2. The molecule has 1 aromatic carbocycles. The number of benzene rings is 1. The Morgan fingerprint density at radius 3 is 2.71 bits per heavy atom. The summed E-state index contributed by atoms with van der Waals surface area (Å²) in [6, 6.07) is 5.84. The van der Waals surface area contributed by atoms with E-state index in [9.17, 15) is 4.79 Å². The second-order valence-corrected chi connectivity index (χ2v) is 6.95. The highest BCUT2D eigenvalue weighted by Crippen LogP contribution is 2.36. The minimum absolute atomic E-state index is 0. The first-order valence-corrected chi connectivity index (χ1v) is 8.36. The van der Waals surface area contributed by atoms with Crippen LogP contribution >= 0.6 is 12.4 Å². The molecule has 1 fully saturated rings. The van der Waals surface area contributed by atoms with Gasteiger partial charge < -0.3 is 19.7 Å². The van der Waals surface area contributed by atoms with Gasteiger partial charge in [0.2, 0.25) is 5.91 Å². The molecule has 1 amide bonds. The van der Waals surface area contributed by atoms with Crippen molar-refractivity contribution in [3.63, 3.8) is 0 Å². The van der Waals surface area contributed by atoms with Gasteiger partial charge in [-0.3, -0.25) is 4.79 Å². The smallest absolute Gasteiger partial charge is 0.232 e. The van der Waals surface area contributed by atoms with Gasteiger partial charge in [-0.05, 0) is 57.5 Å². The van der Waals surface area contributed by atoms with Crippen LogP contribution in [0.4, 0.5) is 0 Å². The minimum Gasteiger partial charge on any atom is -0.486 e. The fourth-order valence-corrected chi connectivity index (χ4v) is 3.42. The molecule has 1 unspecified atom stereocenters. The fourth-order valence-electron chi connectivity index (χ4n) is 3.42. The van der Waals surface area contributed by atoms with Crippen molar-refractivity contribution in [1.29, 1.82) is 0 Å². The van der Waals surface area contributed by atoms with E-state index >= 15 is 0 Å². The molecule has 1 N–H and O–H groups in total. The van der Waals surface area contributed by atoms with Crippen LogP contribution < -0.4 is 14.8 Å². The highest BCUT2D eigenvalue weighted by atomic mass is 35.5. The van der Waals surface area contributed by atoms with E-state index in [0.29, 0.717) is 19.1 Å². The largest absolute Gasteiger partial charge is 0.486 e. The topological polar surface area (TPSA) is 50.8 Å². The molecule has 0 spiro atoms. The number of amides is 1. The van der Waals surface area contributed by atoms with Crippen molar-refractivity contribution in [3.8, 4) is 11.5 Å². The lowest BCUT2D eigenvalue weighted by molar-refractivity contribution is -0.135. The predicted molar refractivity (Wildman–Crippen MR) is 96.3 cm³/mol. The molecule has 3 rings (SSSR count). The number of nitrogens with zero attached hydrogens (tertiary/aromatic N) is 1. The van der Waals surface area contributed by atoms with Gasteiger partial charge in [0.15, 0.2) is 11.5 Å². The van der Waals surface area contributed by atoms with Gasteiger partial charge in [-0.1, -0.05) is 6.07 Å². The average Bonchev–Trinajstić information content (AvgIpc) is 3.02. The van der Waals surface area contributed by atoms with Crippen LogP contribution in [0.25, 0.3) is 0 Å². The first kappa shape index (κ1) is 18.9. The van der Waals surface area contributed by atoms with Crippen LogP contribution in [-0.4, -0.2) is 50.7 Å². The van der Waals surface area contributed by atoms with Gasteiger partial charge in [-0.2, -0.15) is 0 Å². The van der Waals surface area contributed by atoms with E-state index in [1.165, 1.54) is 0 Å². The van der Waals surface area contributed by atoms with E-state index in [1.807, 2.05) is 44.0 Å². The second-order valence-electron chi connectivity index (χ2n) is 6.95. The van der Waals surface area contributed by atoms with Crippen molar-refractivity contribution >= 4 is 18.3 Å². The molecule has 24 heavy (non-hydrogen) atoms. The SMILES string of the molecule is CNCC1CCN(C(=O)C(C)(C)c2ccc3c(c2)OCCO3)C1.Cl. The zero-order valence-electron chi connectivity index (χ0n) is 14.6. The van der Waals surface area contributed by atoms with Crippen LogP contribution in [0.15, 0.2) is 18.2 Å². The van der Waals surface area contributed by atoms with Crippen molar-refractivity contribution < 1.29 is 14.3 Å². The number of hydrogen-bond donors (Lipinski definition) is 1. The Hall–Kier alpha value is -1.46. The van der Waals surface area contributed by atoms with E-state index in [0.717, 1.165) is 43.1 Å². The van der Waals surface area contributed by atoms with Gasteiger partial charge in [0, 0.05) is 13.1 Å². The summed E-state index contributed by atoms with van der Waals surface area (Å²) in [5.41, 5.74) is 0.411. The summed E-state index contributed by atoms with van der Waals surface area (Å²) in [5, 5.41) is 3.21. The van der Waals surface area contributed by atoms with E-state index in [4.69, 9.17) is 9.47 Å². The maximum atomic E-state index is 13.0. The Kier molecular flexibility index (Phi) is 5.99. The number of rotatable bonds is 4. The monoisotopic (exact) mass is 354 g/mol. The van der Waals surface area contributed by atoms with E-state index in [2.05, 4.69) is 5.32 Å². The minimum atomic E-state index is -0.565. The second kappa shape index (κ2) is 7.62. The fraction of sp³-hybridized carbons (Fsp3) is 0.611. The quantitative estimate of drug-likeness (QED) is 0.900. The van der Waals surface area contributed by atoms with Gasteiger partial charge in [-0.25, -0.2) is 0 Å². The maximum absolute atomic E-state index is 13.0. The van der Waals surface area contributed by atoms with Crippen LogP contribution in [0, 0.1) is 5.92 Å². The van der Waals surface area contributed by atoms with Crippen LogP contribution in [0.2, 0.25) is 0 Å². The van der Waals surface area contributed by atoms with E-state index in [1.54, 1.807) is 0 Å². The molecular weight excluding hydrogens is 328 g/mol. The number of nitrogens with one attached hydrogen (secondary N) is 1. The lowest BCUT2D eigenvalue weighted by Gasteiger charge is -2.31. The van der Waals surface area contributed by atoms with Crippen molar-refractivity contribution in [2.45, 2.75) is 25.7 Å². The molecule has 1 aromatic rings. The summed E-state index contributed by atoms with van der Waals surface area (Å²) in [5.74, 6) is 2.25. The molecule has 134 valence electrons. The van der Waals surface area contributed by atoms with Crippen molar-refractivity contribution in [1.82, 2.24) is 10.2 Å². The lowest BCUT2D eigenvalue weighted by atomic mass is 9.83. The van der Waals surface area contributed by atoms with Crippen LogP contribution in [0.3, 0.4) is 0 Å². The summed E-state index contributed by atoms with van der Waals surface area (Å²) in [6.07, 6.45) is 1.07. The van der Waals surface area contributed by atoms with Crippen LogP contribution in [0.5, 0.6) is 11.5 Å². The molecule has 5 nitrogen and oxygen atoms in total. The number of likely N-dealkylation sites (tertiary alicyclic amines) is 1. The lowest BCUT2D eigenvalue weighted by Crippen LogP contribution is -2.42. The normalized spacial score (nSPS) is 19.8. The summed E-state index contributed by atoms with van der Waals surface area (Å²) >= 11 is 0. The predicted octanol–water partition coefficient (Wildman–Crippen LogP) is 2.23. The zero-order valence-corrected chi connectivity index (χ0v) is 15.4. The molecule has 2 aliphatic rings. The number of carbonyl (C=O) groups excluding carboxylic acids is 1. The summed E-state index contributed by atoms with van der Waals surface area (Å²) < 4.78 is 11.2. The molecule has 1 atom stereocenters. The Balaban J connectivity index is 0.00000208. The Bertz CT molecular complexity index is 592. The Morgan fingerprint density at radius 2 is 2.00 bits per heavy atom. The van der Waals surface area contributed by atoms with Crippen molar-refractivity contribution in [2.24, 2.45) is 5.92 Å². The van der Waals surface area contributed by atoms with Gasteiger partial charge >= 0.3 is 0 Å². The van der Waals surface area contributed by atoms with Crippen LogP contribution in [-0.2, 0) is 10.2 Å². The first-order valence-electron chi connectivity index (χ1n) is 8.36. The van der Waals surface area contributed by atoms with Gasteiger partial charge in [0.05, 0.1) is 5.41 Å². The molecule has 0 bridgehead atoms. The maximum Gasteiger partial charge on any atom is 0.232 e. The molecule has 0 aliphatic carbocycles. The number of hydrogen-bond acceptors (Lipinski definition) is 4. The molecular formula is C18H27ClN2O3. The van der Waals surface area contributed by atoms with Gasteiger partial charge in [0.25, 0.3) is 0 Å². The van der Waals surface area contributed by atoms with Gasteiger partial charge in [-0.15, -0.1) is 12.4 Å². The molecule has 2 aliphatic heterocycles. The molecule has 0 aromatic heterocycles. The summed E-state index contributed by atoms with van der Waals surface area (Å²) in [7, 11) is 1.96. The molecule has 2 heterocycles.